The number of carbonyl (C=O) groups excluding carboxylic acids is 1. The van der Waals surface area contributed by atoms with Gasteiger partial charge in [0.2, 0.25) is 5.88 Å². The number of nitrogens with one attached hydrogen (secondary N) is 1. The fourth-order valence-electron chi connectivity index (χ4n) is 2.70. The molecule has 0 bridgehead atoms. The quantitative estimate of drug-likeness (QED) is 0.815. The fourth-order valence-corrected chi connectivity index (χ4v) is 3.93. The topological polar surface area (TPSA) is 124 Å². The number of aromatic nitrogens is 2. The van der Waals surface area contributed by atoms with Gasteiger partial charge >= 0.3 is 0 Å². The largest absolute Gasteiger partial charge is 0.473 e. The molecular weight excluding hydrogens is 320 g/mol. The average molecular weight is 338 g/mol. The summed E-state index contributed by atoms with van der Waals surface area (Å²) >= 11 is 0. The van der Waals surface area contributed by atoms with E-state index >= 15 is 0 Å². The Morgan fingerprint density at radius 1 is 1.35 bits per heavy atom. The van der Waals surface area contributed by atoms with E-state index in [1.165, 1.54) is 12.3 Å². The van der Waals surface area contributed by atoms with Gasteiger partial charge < -0.3 is 15.8 Å². The maximum absolute atomic E-state index is 12.1. The molecule has 3 N–H and O–H groups in total. The number of anilines is 1. The molecule has 8 nitrogen and oxygen atoms in total. The van der Waals surface area contributed by atoms with E-state index in [0.29, 0.717) is 5.88 Å². The van der Waals surface area contributed by atoms with E-state index in [-0.39, 0.29) is 23.4 Å². The monoisotopic (exact) mass is 338 g/mol. The Bertz CT molecular complexity index is 741. The number of ether oxygens (including phenoxy) is 1. The third kappa shape index (κ3) is 3.79. The first kappa shape index (κ1) is 15.7. The van der Waals surface area contributed by atoms with E-state index < -0.39 is 21.8 Å². The van der Waals surface area contributed by atoms with Crippen LogP contribution in [0.2, 0.25) is 0 Å². The van der Waals surface area contributed by atoms with Crippen molar-refractivity contribution in [3.63, 3.8) is 0 Å². The second-order valence-corrected chi connectivity index (χ2v) is 7.64. The summed E-state index contributed by atoms with van der Waals surface area (Å²) in [6, 6.07) is -0.580. The van der Waals surface area contributed by atoms with Gasteiger partial charge in [-0.3, -0.25) is 4.79 Å². The third-order valence-corrected chi connectivity index (χ3v) is 5.22. The second-order valence-electron chi connectivity index (χ2n) is 5.70. The highest BCUT2D eigenvalue weighted by molar-refractivity contribution is 7.94. The minimum atomic E-state index is -3.24. The molecule has 0 aromatic carbocycles. The van der Waals surface area contributed by atoms with Crippen LogP contribution in [0.3, 0.4) is 0 Å². The summed E-state index contributed by atoms with van der Waals surface area (Å²) < 4.78 is 28.3. The van der Waals surface area contributed by atoms with Crippen LogP contribution >= 0.6 is 0 Å². The van der Waals surface area contributed by atoms with E-state index in [1.54, 1.807) is 0 Å². The lowest BCUT2D eigenvalue weighted by Crippen LogP contribution is -2.36. The summed E-state index contributed by atoms with van der Waals surface area (Å²) in [6.45, 7) is 0. The van der Waals surface area contributed by atoms with Crippen molar-refractivity contribution >= 4 is 21.6 Å². The van der Waals surface area contributed by atoms with Crippen molar-refractivity contribution in [1.82, 2.24) is 15.3 Å². The SMILES string of the molecule is Nc1nc(OC2CCCC2)cnc1C(=O)NC1C=CS(=O)(=O)C1. The first-order chi connectivity index (χ1) is 10.9. The van der Waals surface area contributed by atoms with Crippen molar-refractivity contribution in [3.05, 3.63) is 23.4 Å². The number of nitrogen functional groups attached to an aromatic ring is 1. The lowest BCUT2D eigenvalue weighted by atomic mass is 10.3. The van der Waals surface area contributed by atoms with E-state index in [0.717, 1.165) is 31.1 Å². The molecule has 1 atom stereocenters. The van der Waals surface area contributed by atoms with E-state index in [4.69, 9.17) is 10.5 Å². The number of rotatable bonds is 4. The Balaban J connectivity index is 1.65. The Kier molecular flexibility index (Phi) is 4.20. The molecule has 0 spiro atoms. The van der Waals surface area contributed by atoms with Crippen molar-refractivity contribution in [1.29, 1.82) is 0 Å². The molecule has 2 aliphatic rings. The zero-order chi connectivity index (χ0) is 16.4. The summed E-state index contributed by atoms with van der Waals surface area (Å²) in [5.41, 5.74) is 5.73. The molecule has 1 unspecified atom stereocenters. The first-order valence-electron chi connectivity index (χ1n) is 7.44. The van der Waals surface area contributed by atoms with Crippen molar-refractivity contribution in [2.75, 3.05) is 11.5 Å². The molecule has 1 saturated carbocycles. The number of sulfone groups is 1. The highest BCUT2D eigenvalue weighted by Gasteiger charge is 2.25. The van der Waals surface area contributed by atoms with Gasteiger partial charge in [0.15, 0.2) is 21.3 Å². The van der Waals surface area contributed by atoms with Crippen molar-refractivity contribution < 1.29 is 17.9 Å². The third-order valence-electron chi connectivity index (χ3n) is 3.83. The number of hydrogen-bond acceptors (Lipinski definition) is 7. The molecule has 1 fully saturated rings. The molecule has 124 valence electrons. The van der Waals surface area contributed by atoms with Crippen molar-refractivity contribution in [2.45, 2.75) is 37.8 Å². The van der Waals surface area contributed by atoms with Gasteiger partial charge in [-0.25, -0.2) is 13.4 Å². The van der Waals surface area contributed by atoms with Crippen LogP contribution in [0.15, 0.2) is 17.7 Å². The predicted octanol–water partition coefficient (Wildman–Crippen LogP) is 0.421. The number of hydrogen-bond donors (Lipinski definition) is 2. The van der Waals surface area contributed by atoms with Gasteiger partial charge in [-0.15, -0.1) is 0 Å². The van der Waals surface area contributed by atoms with Crippen LogP contribution in [0, 0.1) is 0 Å². The lowest BCUT2D eigenvalue weighted by molar-refractivity contribution is 0.0943. The van der Waals surface area contributed by atoms with E-state index in [2.05, 4.69) is 15.3 Å². The van der Waals surface area contributed by atoms with Gasteiger partial charge in [0, 0.05) is 5.41 Å². The molecule has 23 heavy (non-hydrogen) atoms. The molecule has 1 aromatic rings. The summed E-state index contributed by atoms with van der Waals surface area (Å²) in [6.07, 6.45) is 7.13. The lowest BCUT2D eigenvalue weighted by Gasteiger charge is -2.13. The summed E-state index contributed by atoms with van der Waals surface area (Å²) in [5.74, 6) is -0.458. The molecule has 1 aliphatic carbocycles. The van der Waals surface area contributed by atoms with Crippen LogP contribution in [-0.4, -0.2) is 42.2 Å². The first-order valence-corrected chi connectivity index (χ1v) is 9.15. The van der Waals surface area contributed by atoms with Gasteiger partial charge in [0.25, 0.3) is 5.91 Å². The maximum atomic E-state index is 12.1. The molecule has 9 heteroatoms. The zero-order valence-corrected chi connectivity index (χ0v) is 13.3. The fraction of sp³-hybridized carbons (Fsp3) is 0.500. The Hall–Kier alpha value is -2.16. The van der Waals surface area contributed by atoms with Gasteiger partial charge in [-0.2, -0.15) is 4.98 Å². The molecule has 0 saturated heterocycles. The van der Waals surface area contributed by atoms with E-state index in [9.17, 15) is 13.2 Å². The van der Waals surface area contributed by atoms with Gasteiger partial charge in [0.05, 0.1) is 18.0 Å². The minimum absolute atomic E-state index is 0.0390. The molecule has 1 aliphatic heterocycles. The van der Waals surface area contributed by atoms with Crippen LogP contribution in [0.1, 0.15) is 36.2 Å². The van der Waals surface area contributed by atoms with Crippen LogP contribution < -0.4 is 15.8 Å². The van der Waals surface area contributed by atoms with Crippen LogP contribution in [0.4, 0.5) is 5.82 Å². The number of carbonyl (C=O) groups is 1. The molecule has 3 rings (SSSR count). The summed E-state index contributed by atoms with van der Waals surface area (Å²) in [7, 11) is -3.24. The molecule has 1 amide bonds. The normalized spacial score (nSPS) is 23.0. The maximum Gasteiger partial charge on any atom is 0.274 e. The highest BCUT2D eigenvalue weighted by atomic mass is 32.2. The molecule has 2 heterocycles. The molecular formula is C14H18N4O4S. The highest BCUT2D eigenvalue weighted by Crippen LogP contribution is 2.23. The Morgan fingerprint density at radius 3 is 2.70 bits per heavy atom. The predicted molar refractivity (Wildman–Crippen MR) is 83.5 cm³/mol. The number of amides is 1. The Morgan fingerprint density at radius 2 is 2.09 bits per heavy atom. The van der Waals surface area contributed by atoms with Gasteiger partial charge in [0.1, 0.15) is 6.10 Å². The van der Waals surface area contributed by atoms with E-state index in [1.807, 2.05) is 0 Å². The van der Waals surface area contributed by atoms with Gasteiger partial charge in [-0.1, -0.05) is 0 Å². The minimum Gasteiger partial charge on any atom is -0.473 e. The van der Waals surface area contributed by atoms with Crippen molar-refractivity contribution in [3.8, 4) is 5.88 Å². The van der Waals surface area contributed by atoms with Crippen LogP contribution in [-0.2, 0) is 9.84 Å². The van der Waals surface area contributed by atoms with Gasteiger partial charge in [-0.05, 0) is 31.8 Å². The molecule has 1 aromatic heterocycles. The number of nitrogens with two attached hydrogens (primary N) is 1. The number of nitrogens with zero attached hydrogens (tertiary/aromatic N) is 2. The summed E-state index contributed by atoms with van der Waals surface area (Å²) in [5, 5.41) is 3.64. The smallest absolute Gasteiger partial charge is 0.274 e. The van der Waals surface area contributed by atoms with Crippen LogP contribution in [0.5, 0.6) is 5.88 Å². The zero-order valence-electron chi connectivity index (χ0n) is 12.4. The van der Waals surface area contributed by atoms with Crippen molar-refractivity contribution in [2.24, 2.45) is 0 Å². The standard InChI is InChI=1S/C14H18N4O4S/c15-13-12(14(19)17-9-5-6-23(20,21)8-9)16-7-11(18-13)22-10-3-1-2-4-10/h5-7,9-10H,1-4,8H2,(H2,15,18)(H,17,19). The average Bonchev–Trinajstić information content (AvgIpc) is 3.08. The second kappa shape index (κ2) is 6.15. The molecule has 0 radical (unpaired) electrons. The summed E-state index contributed by atoms with van der Waals surface area (Å²) in [4.78, 5) is 20.2. The Labute approximate surface area is 134 Å². The van der Waals surface area contributed by atoms with Crippen LogP contribution in [0.25, 0.3) is 0 Å².